The highest BCUT2D eigenvalue weighted by molar-refractivity contribution is 6.05. The topological polar surface area (TPSA) is 268 Å². The number of amides is 7. The number of cyclic esters (lactones) is 2. The Morgan fingerprint density at radius 3 is 2.09 bits per heavy atom. The maximum absolute atomic E-state index is 15.1. The lowest BCUT2D eigenvalue weighted by molar-refractivity contribution is -0.163. The SMILES string of the molecule is CC[C@H](C)[C@@H]1NC(=O)[C@@H](NC(=O)[C@@H](CC(C)C)N2CC[C@]3(CCCN3C(=O)C(C)C)C2=O)[C@@H](C)OC(=O)[C@H](Cc2ccc(OC)cc2)N(C)C(=O)[C@@H]2CCCN2C(=O)[C@H](CC(C)C)NC(=O)[C@@H](C)C(=O)[C@H](C(C)C)OC(=O)C[C@@H]1O. The van der Waals surface area contributed by atoms with Gasteiger partial charge in [0.2, 0.25) is 41.4 Å². The van der Waals surface area contributed by atoms with Gasteiger partial charge in [-0.3, -0.25) is 43.2 Å². The fraction of sp³-hybridized carbons (Fsp3) is 0.729. The number of nitrogens with one attached hydrogen (secondary N) is 3. The molecular formula is C59H91N7O14. The lowest BCUT2D eigenvalue weighted by Gasteiger charge is -2.37. The zero-order valence-electron chi connectivity index (χ0n) is 49.7. The second kappa shape index (κ2) is 28.0. The molecule has 0 saturated carbocycles. The van der Waals surface area contributed by atoms with E-state index in [-0.39, 0.29) is 68.3 Å². The molecule has 1 spiro atoms. The highest BCUT2D eigenvalue weighted by Gasteiger charge is 2.57. The van der Waals surface area contributed by atoms with Gasteiger partial charge in [-0.05, 0) is 100 Å². The van der Waals surface area contributed by atoms with E-state index in [0.29, 0.717) is 50.0 Å². The van der Waals surface area contributed by atoms with Crippen molar-refractivity contribution in [1.29, 1.82) is 0 Å². The molecule has 0 aliphatic carbocycles. The maximum Gasteiger partial charge on any atom is 0.329 e. The smallest absolute Gasteiger partial charge is 0.329 e. The van der Waals surface area contributed by atoms with Gasteiger partial charge in [-0.15, -0.1) is 0 Å². The molecule has 4 aliphatic rings. The van der Waals surface area contributed by atoms with E-state index in [1.165, 1.54) is 42.7 Å². The monoisotopic (exact) mass is 1120 g/mol. The number of hydrogen-bond acceptors (Lipinski definition) is 14. The average molecular weight is 1120 g/mol. The summed E-state index contributed by atoms with van der Waals surface area (Å²) in [4.78, 5) is 151. The van der Waals surface area contributed by atoms with Crippen molar-refractivity contribution in [1.82, 2.24) is 35.6 Å². The quantitative estimate of drug-likeness (QED) is 0.153. The van der Waals surface area contributed by atoms with Crippen LogP contribution < -0.4 is 20.7 Å². The van der Waals surface area contributed by atoms with Crippen molar-refractivity contribution in [3.05, 3.63) is 29.8 Å². The number of methoxy groups -OCH3 is 1. The minimum atomic E-state index is -1.72. The summed E-state index contributed by atoms with van der Waals surface area (Å²) in [7, 11) is 2.92. The predicted molar refractivity (Wildman–Crippen MR) is 296 cm³/mol. The zero-order chi connectivity index (χ0) is 59.7. The van der Waals surface area contributed by atoms with Crippen LogP contribution in [0, 0.1) is 35.5 Å². The Balaban J connectivity index is 1.62. The summed E-state index contributed by atoms with van der Waals surface area (Å²) in [5.74, 6) is -9.59. The first kappa shape index (κ1) is 64.7. The molecule has 0 unspecified atom stereocenters. The number of ether oxygens (including phenoxy) is 3. The average Bonchev–Trinajstić information content (AvgIpc) is 4.16. The first-order valence-electron chi connectivity index (χ1n) is 28.9. The lowest BCUT2D eigenvalue weighted by atomic mass is 9.91. The molecule has 4 heterocycles. The number of likely N-dealkylation sites (tertiary alicyclic amines) is 2. The summed E-state index contributed by atoms with van der Waals surface area (Å²) in [5, 5.41) is 20.3. The Kier molecular flexibility index (Phi) is 22.7. The normalized spacial score (nSPS) is 29.1. The number of carbonyl (C=O) groups is 10. The molecule has 1 aromatic rings. The predicted octanol–water partition coefficient (Wildman–Crippen LogP) is 3.74. The number of rotatable bonds is 14. The van der Waals surface area contributed by atoms with Gasteiger partial charge in [0, 0.05) is 39.0 Å². The van der Waals surface area contributed by atoms with Crippen LogP contribution in [0.3, 0.4) is 0 Å². The van der Waals surface area contributed by atoms with Crippen molar-refractivity contribution < 1.29 is 67.3 Å². The molecule has 4 saturated heterocycles. The molecule has 1 aromatic carbocycles. The highest BCUT2D eigenvalue weighted by atomic mass is 16.6. The zero-order valence-corrected chi connectivity index (χ0v) is 49.7. The van der Waals surface area contributed by atoms with Crippen LogP contribution in [0.15, 0.2) is 24.3 Å². The van der Waals surface area contributed by atoms with E-state index in [9.17, 15) is 38.7 Å². The van der Waals surface area contributed by atoms with E-state index in [1.807, 2.05) is 27.7 Å². The number of Topliss-reactive ketones (excluding diaryl/α,β-unsaturated/α-hetero) is 1. The standard InChI is InChI=1S/C59H91N7O14/c1-15-36(10)47-45(67)31-46(68)80-50(34(6)7)49(69)37(11)51(70)60-41(28-32(2)3)55(74)64-25-16-18-42(64)56(75)63(13)44(30-39-19-21-40(78-14)22-20-39)57(76)79-38(12)48(53(72)61-47)62-52(71)43(29-33(4)5)65-27-24-59(58(65)77)23-17-26-66(59)54(73)35(8)9/h19-22,32-38,41-45,47-48,50,67H,15-18,23-31H2,1-14H3,(H,60,70)(H,61,72)(H,62,71)/t36-,37-,38+,41-,42-,43+,44-,45-,47-,48-,50-,59+/m0/s1. The molecular weight excluding hydrogens is 1030 g/mol. The van der Waals surface area contributed by atoms with Crippen molar-refractivity contribution in [3.8, 4) is 5.75 Å². The molecule has 7 amide bonds. The number of carbonyl (C=O) groups excluding carboxylic acids is 10. The number of benzene rings is 1. The van der Waals surface area contributed by atoms with E-state index >= 15 is 14.4 Å². The number of aliphatic hydroxyl groups excluding tert-OH is 1. The fourth-order valence-corrected chi connectivity index (χ4v) is 11.6. The van der Waals surface area contributed by atoms with E-state index in [0.717, 1.165) is 0 Å². The number of fused-ring (bicyclic) bond motifs is 1. The summed E-state index contributed by atoms with van der Waals surface area (Å²) < 4.78 is 17.3. The first-order valence-corrected chi connectivity index (χ1v) is 28.9. The molecule has 4 N–H and O–H groups in total. The largest absolute Gasteiger partial charge is 0.497 e. The molecule has 0 aromatic heterocycles. The van der Waals surface area contributed by atoms with E-state index in [1.54, 1.807) is 70.7 Å². The summed E-state index contributed by atoms with van der Waals surface area (Å²) >= 11 is 0. The number of aliphatic hydroxyl groups is 1. The van der Waals surface area contributed by atoms with Gasteiger partial charge in [0.25, 0.3) is 0 Å². The van der Waals surface area contributed by atoms with Gasteiger partial charge in [-0.25, -0.2) is 4.79 Å². The Morgan fingerprint density at radius 2 is 1.50 bits per heavy atom. The van der Waals surface area contributed by atoms with Gasteiger partial charge in [-0.1, -0.05) is 87.8 Å². The summed E-state index contributed by atoms with van der Waals surface area (Å²) in [6, 6.07) is -0.900. The Bertz CT molecular complexity index is 2410. The summed E-state index contributed by atoms with van der Waals surface area (Å²) in [5.41, 5.74) is -0.546. The molecule has 12 atom stereocenters. The lowest BCUT2D eigenvalue weighted by Crippen LogP contribution is -2.62. The van der Waals surface area contributed by atoms with Crippen LogP contribution >= 0.6 is 0 Å². The first-order chi connectivity index (χ1) is 37.6. The second-order valence-corrected chi connectivity index (χ2v) is 24.2. The summed E-state index contributed by atoms with van der Waals surface area (Å²) in [6.45, 7) is 21.3. The number of esters is 2. The van der Waals surface area contributed by atoms with Crippen LogP contribution in [0.1, 0.15) is 146 Å². The Labute approximate surface area is 472 Å². The molecule has 0 bridgehead atoms. The molecule has 21 nitrogen and oxygen atoms in total. The van der Waals surface area contributed by atoms with Crippen LogP contribution in [-0.2, 0) is 63.8 Å². The molecule has 0 radical (unpaired) electrons. The fourth-order valence-electron chi connectivity index (χ4n) is 11.6. The van der Waals surface area contributed by atoms with Gasteiger partial charge < -0.3 is 54.9 Å². The maximum atomic E-state index is 15.1. The van der Waals surface area contributed by atoms with Crippen molar-refractivity contribution >= 4 is 59.1 Å². The van der Waals surface area contributed by atoms with Crippen LogP contribution in [-0.4, -0.2) is 178 Å². The third-order valence-corrected chi connectivity index (χ3v) is 16.5. The van der Waals surface area contributed by atoms with E-state index in [4.69, 9.17) is 14.2 Å². The van der Waals surface area contributed by atoms with E-state index in [2.05, 4.69) is 16.0 Å². The van der Waals surface area contributed by atoms with Crippen LogP contribution in [0.5, 0.6) is 5.75 Å². The Hall–Kier alpha value is -6.12. The third kappa shape index (κ3) is 15.1. The molecule has 4 aliphatic heterocycles. The number of ketones is 1. The van der Waals surface area contributed by atoms with Gasteiger partial charge in [0.1, 0.15) is 47.6 Å². The van der Waals surface area contributed by atoms with E-state index < -0.39 is 132 Å². The summed E-state index contributed by atoms with van der Waals surface area (Å²) in [6.07, 6.45) is -2.78. The molecule has 80 heavy (non-hydrogen) atoms. The molecule has 446 valence electrons. The molecule has 4 fully saturated rings. The number of likely N-dealkylation sites (N-methyl/N-ethyl adjacent to an activating group) is 1. The highest BCUT2D eigenvalue weighted by Crippen LogP contribution is 2.41. The van der Waals surface area contributed by atoms with Crippen molar-refractivity contribution in [2.24, 2.45) is 35.5 Å². The van der Waals surface area contributed by atoms with Crippen molar-refractivity contribution in [2.75, 3.05) is 33.8 Å². The van der Waals surface area contributed by atoms with Gasteiger partial charge in [0.05, 0.1) is 31.6 Å². The molecule has 21 heteroatoms. The van der Waals surface area contributed by atoms with Gasteiger partial charge in [0.15, 0.2) is 11.9 Å². The van der Waals surface area contributed by atoms with Gasteiger partial charge >= 0.3 is 11.9 Å². The van der Waals surface area contributed by atoms with Crippen LogP contribution in [0.2, 0.25) is 0 Å². The Morgan fingerprint density at radius 1 is 0.838 bits per heavy atom. The van der Waals surface area contributed by atoms with Crippen LogP contribution in [0.4, 0.5) is 0 Å². The second-order valence-electron chi connectivity index (χ2n) is 24.2. The number of hydrogen-bond donors (Lipinski definition) is 4. The van der Waals surface area contributed by atoms with Gasteiger partial charge in [-0.2, -0.15) is 0 Å². The number of nitrogens with zero attached hydrogens (tertiary/aromatic N) is 4. The van der Waals surface area contributed by atoms with Crippen molar-refractivity contribution in [3.63, 3.8) is 0 Å². The van der Waals surface area contributed by atoms with Crippen molar-refractivity contribution in [2.45, 2.75) is 207 Å². The molecule has 5 rings (SSSR count). The minimum absolute atomic E-state index is 0.110. The third-order valence-electron chi connectivity index (χ3n) is 16.5. The van der Waals surface area contributed by atoms with Crippen LogP contribution in [0.25, 0.3) is 0 Å². The minimum Gasteiger partial charge on any atom is -0.497 e.